The monoisotopic (exact) mass is 287 g/mol. The highest BCUT2D eigenvalue weighted by atomic mass is 16.5. The molecule has 3 atom stereocenters. The zero-order valence-electron chi connectivity index (χ0n) is 12.6. The summed E-state index contributed by atoms with van der Waals surface area (Å²) in [6.45, 7) is 4.30. The van der Waals surface area contributed by atoms with Crippen LogP contribution in [0.3, 0.4) is 0 Å². The van der Waals surface area contributed by atoms with Gasteiger partial charge in [0.05, 0.1) is 12.7 Å². The van der Waals surface area contributed by atoms with Crippen molar-refractivity contribution in [3.8, 4) is 0 Å². The van der Waals surface area contributed by atoms with Gasteiger partial charge < -0.3 is 10.1 Å². The van der Waals surface area contributed by atoms with Crippen molar-refractivity contribution in [1.29, 1.82) is 0 Å². The number of anilines is 1. The number of hydrogen-bond donors (Lipinski definition) is 1. The normalized spacial score (nSPS) is 33.4. The van der Waals surface area contributed by atoms with Crippen LogP contribution in [0.1, 0.15) is 25.7 Å². The van der Waals surface area contributed by atoms with Gasteiger partial charge in [-0.2, -0.15) is 0 Å². The lowest BCUT2D eigenvalue weighted by Gasteiger charge is -2.25. The molecular weight excluding hydrogens is 262 g/mol. The van der Waals surface area contributed by atoms with Gasteiger partial charge in [0.25, 0.3) is 0 Å². The summed E-state index contributed by atoms with van der Waals surface area (Å²) in [7, 11) is 0. The Morgan fingerprint density at radius 1 is 1.24 bits per heavy atom. The third-order valence-electron chi connectivity index (χ3n) is 5.52. The number of hydrogen-bond acceptors (Lipinski definition) is 4. The van der Waals surface area contributed by atoms with E-state index in [4.69, 9.17) is 4.74 Å². The smallest absolute Gasteiger partial charge is 0.125 e. The van der Waals surface area contributed by atoms with Gasteiger partial charge in [0.2, 0.25) is 0 Å². The Balaban J connectivity index is 1.33. The molecule has 2 saturated heterocycles. The average molecular weight is 287 g/mol. The van der Waals surface area contributed by atoms with Gasteiger partial charge in [-0.3, -0.25) is 4.90 Å². The molecule has 1 saturated carbocycles. The molecule has 0 amide bonds. The summed E-state index contributed by atoms with van der Waals surface area (Å²) in [5.41, 5.74) is 0. The summed E-state index contributed by atoms with van der Waals surface area (Å²) in [6.07, 6.45) is 7.95. The fraction of sp³-hybridized carbons (Fsp3) is 0.706. The molecule has 3 aliphatic rings. The zero-order valence-corrected chi connectivity index (χ0v) is 12.6. The Bertz CT molecular complexity index is 460. The molecule has 1 aromatic rings. The van der Waals surface area contributed by atoms with E-state index in [0.717, 1.165) is 31.6 Å². The van der Waals surface area contributed by atoms with E-state index in [0.29, 0.717) is 17.9 Å². The Hall–Kier alpha value is -1.13. The molecule has 3 heterocycles. The first-order valence-electron chi connectivity index (χ1n) is 8.41. The van der Waals surface area contributed by atoms with Crippen LogP contribution in [0.2, 0.25) is 0 Å². The van der Waals surface area contributed by atoms with Gasteiger partial charge in [-0.25, -0.2) is 4.98 Å². The second-order valence-electron chi connectivity index (χ2n) is 6.78. The summed E-state index contributed by atoms with van der Waals surface area (Å²) < 4.78 is 6.07. The van der Waals surface area contributed by atoms with Crippen molar-refractivity contribution in [2.45, 2.75) is 37.8 Å². The molecule has 0 unspecified atom stereocenters. The molecule has 1 aliphatic carbocycles. The Kier molecular flexibility index (Phi) is 3.82. The highest BCUT2D eigenvalue weighted by molar-refractivity contribution is 5.33. The van der Waals surface area contributed by atoms with Crippen LogP contribution in [-0.2, 0) is 4.74 Å². The van der Waals surface area contributed by atoms with E-state index in [1.807, 2.05) is 24.4 Å². The number of ether oxygens (including phenoxy) is 1. The Morgan fingerprint density at radius 3 is 2.95 bits per heavy atom. The number of nitrogens with one attached hydrogen (secondary N) is 1. The third kappa shape index (κ3) is 2.79. The SMILES string of the molecule is c1ccc(NC[C@@H]2CO[C@@H]3CN(C4CCCC4)C[C@H]23)nc1. The Morgan fingerprint density at radius 2 is 2.14 bits per heavy atom. The van der Waals surface area contributed by atoms with E-state index in [1.165, 1.54) is 32.2 Å². The summed E-state index contributed by atoms with van der Waals surface area (Å²) in [4.78, 5) is 7.04. The molecule has 1 N–H and O–H groups in total. The standard InChI is InChI=1S/C17H25N3O/c1-2-6-14(5-1)20-10-15-13(12-21-16(15)11-20)9-19-17-7-3-4-8-18-17/h3-4,7-8,13-16H,1-2,5-6,9-12H2,(H,18,19)/t13-,15-,16-/m1/s1. The summed E-state index contributed by atoms with van der Waals surface area (Å²) in [5.74, 6) is 2.32. The summed E-state index contributed by atoms with van der Waals surface area (Å²) >= 11 is 0. The number of aromatic nitrogens is 1. The van der Waals surface area contributed by atoms with Gasteiger partial charge in [0.1, 0.15) is 5.82 Å². The minimum Gasteiger partial charge on any atom is -0.376 e. The lowest BCUT2D eigenvalue weighted by Crippen LogP contribution is -2.34. The van der Waals surface area contributed by atoms with Crippen molar-refractivity contribution in [1.82, 2.24) is 9.88 Å². The quantitative estimate of drug-likeness (QED) is 0.922. The molecule has 0 bridgehead atoms. The van der Waals surface area contributed by atoms with E-state index in [-0.39, 0.29) is 0 Å². The van der Waals surface area contributed by atoms with Crippen LogP contribution in [0.15, 0.2) is 24.4 Å². The number of rotatable bonds is 4. The van der Waals surface area contributed by atoms with Crippen LogP contribution in [0.5, 0.6) is 0 Å². The molecule has 3 fully saturated rings. The highest BCUT2D eigenvalue weighted by Crippen LogP contribution is 2.37. The van der Waals surface area contributed by atoms with E-state index in [2.05, 4.69) is 15.2 Å². The summed E-state index contributed by atoms with van der Waals surface area (Å²) in [6, 6.07) is 6.85. The van der Waals surface area contributed by atoms with Gasteiger partial charge in [-0.05, 0) is 25.0 Å². The van der Waals surface area contributed by atoms with Crippen molar-refractivity contribution in [2.75, 3.05) is 31.6 Å². The first-order valence-corrected chi connectivity index (χ1v) is 8.41. The van der Waals surface area contributed by atoms with Crippen LogP contribution in [0.4, 0.5) is 5.82 Å². The second-order valence-corrected chi connectivity index (χ2v) is 6.78. The maximum atomic E-state index is 6.07. The van der Waals surface area contributed by atoms with Crippen LogP contribution >= 0.6 is 0 Å². The lowest BCUT2D eigenvalue weighted by molar-refractivity contribution is 0.0879. The first kappa shape index (κ1) is 13.5. The lowest BCUT2D eigenvalue weighted by atomic mass is 9.93. The van der Waals surface area contributed by atoms with Crippen molar-refractivity contribution >= 4 is 5.82 Å². The molecule has 21 heavy (non-hydrogen) atoms. The van der Waals surface area contributed by atoms with Crippen LogP contribution in [0.25, 0.3) is 0 Å². The van der Waals surface area contributed by atoms with Crippen molar-refractivity contribution < 1.29 is 4.74 Å². The van der Waals surface area contributed by atoms with Gasteiger partial charge in [-0.1, -0.05) is 18.9 Å². The molecule has 2 aliphatic heterocycles. The van der Waals surface area contributed by atoms with Crippen molar-refractivity contribution in [3.05, 3.63) is 24.4 Å². The van der Waals surface area contributed by atoms with Gasteiger partial charge in [0.15, 0.2) is 0 Å². The molecule has 114 valence electrons. The van der Waals surface area contributed by atoms with E-state index < -0.39 is 0 Å². The highest BCUT2D eigenvalue weighted by Gasteiger charge is 2.45. The number of nitrogens with zero attached hydrogens (tertiary/aromatic N) is 2. The van der Waals surface area contributed by atoms with Gasteiger partial charge in [-0.15, -0.1) is 0 Å². The molecule has 0 aromatic carbocycles. The molecule has 0 radical (unpaired) electrons. The maximum absolute atomic E-state index is 6.07. The van der Waals surface area contributed by atoms with Gasteiger partial charge >= 0.3 is 0 Å². The second kappa shape index (κ2) is 5.93. The van der Waals surface area contributed by atoms with Crippen molar-refractivity contribution in [3.63, 3.8) is 0 Å². The van der Waals surface area contributed by atoms with E-state index in [9.17, 15) is 0 Å². The summed E-state index contributed by atoms with van der Waals surface area (Å²) in [5, 5.41) is 3.47. The topological polar surface area (TPSA) is 37.4 Å². The average Bonchev–Trinajstić information content (AvgIpc) is 3.23. The molecule has 0 spiro atoms. The molecular formula is C17H25N3O. The fourth-order valence-corrected chi connectivity index (χ4v) is 4.31. The minimum absolute atomic E-state index is 0.473. The fourth-order valence-electron chi connectivity index (χ4n) is 4.31. The van der Waals surface area contributed by atoms with Gasteiger partial charge in [0, 0.05) is 43.7 Å². The van der Waals surface area contributed by atoms with Crippen LogP contribution in [0, 0.1) is 11.8 Å². The first-order chi connectivity index (χ1) is 10.4. The zero-order chi connectivity index (χ0) is 14.1. The number of likely N-dealkylation sites (tertiary alicyclic amines) is 1. The molecule has 4 rings (SSSR count). The largest absolute Gasteiger partial charge is 0.376 e. The number of fused-ring (bicyclic) bond motifs is 1. The Labute approximate surface area is 126 Å². The molecule has 4 nitrogen and oxygen atoms in total. The minimum atomic E-state index is 0.473. The molecule has 1 aromatic heterocycles. The third-order valence-corrected chi connectivity index (χ3v) is 5.52. The van der Waals surface area contributed by atoms with Crippen LogP contribution in [-0.4, -0.2) is 48.3 Å². The van der Waals surface area contributed by atoms with Crippen LogP contribution < -0.4 is 5.32 Å². The predicted molar refractivity (Wildman–Crippen MR) is 83.3 cm³/mol. The molecule has 4 heteroatoms. The van der Waals surface area contributed by atoms with Crippen molar-refractivity contribution in [2.24, 2.45) is 11.8 Å². The van der Waals surface area contributed by atoms with E-state index in [1.54, 1.807) is 0 Å². The maximum Gasteiger partial charge on any atom is 0.125 e. The van der Waals surface area contributed by atoms with E-state index >= 15 is 0 Å². The predicted octanol–water partition coefficient (Wildman–Crippen LogP) is 2.38. The number of pyridine rings is 1.